The number of alkyl halides is 1. The van der Waals surface area contributed by atoms with E-state index in [1.165, 1.54) is 0 Å². The van der Waals surface area contributed by atoms with Crippen LogP contribution >= 0.6 is 22.6 Å². The fourth-order valence-electron chi connectivity index (χ4n) is 1.78. The summed E-state index contributed by atoms with van der Waals surface area (Å²) in [5.41, 5.74) is 2.55. The van der Waals surface area contributed by atoms with E-state index in [4.69, 9.17) is 0 Å². The van der Waals surface area contributed by atoms with Crippen LogP contribution in [0.2, 0.25) is 0 Å². The van der Waals surface area contributed by atoms with E-state index in [9.17, 15) is 4.79 Å². The number of rotatable bonds is 3. The molecule has 16 heavy (non-hydrogen) atoms. The summed E-state index contributed by atoms with van der Waals surface area (Å²) in [7, 11) is 0. The fraction of sp³-hybridized carbons (Fsp3) is 0.333. The fourth-order valence-corrected chi connectivity index (χ4v) is 2.26. The molecular formula is C12H13IN2O. The van der Waals surface area contributed by atoms with E-state index in [0.29, 0.717) is 12.1 Å². The van der Waals surface area contributed by atoms with Crippen LogP contribution in [-0.4, -0.2) is 14.0 Å². The zero-order valence-corrected chi connectivity index (χ0v) is 11.3. The Morgan fingerprint density at radius 1 is 1.38 bits per heavy atom. The second-order valence-electron chi connectivity index (χ2n) is 3.55. The van der Waals surface area contributed by atoms with E-state index in [1.807, 2.05) is 35.8 Å². The second-order valence-corrected chi connectivity index (χ2v) is 4.63. The van der Waals surface area contributed by atoms with Crippen molar-refractivity contribution in [2.75, 3.05) is 4.43 Å². The van der Waals surface area contributed by atoms with Gasteiger partial charge in [0.25, 0.3) is 5.56 Å². The lowest BCUT2D eigenvalue weighted by Gasteiger charge is -2.09. The summed E-state index contributed by atoms with van der Waals surface area (Å²) >= 11 is 2.28. The molecular weight excluding hydrogens is 315 g/mol. The van der Waals surface area contributed by atoms with Gasteiger partial charge >= 0.3 is 0 Å². The maximum Gasteiger partial charge on any atom is 0.272 e. The highest BCUT2D eigenvalue weighted by Gasteiger charge is 2.08. The molecule has 0 aliphatic heterocycles. The highest BCUT2D eigenvalue weighted by molar-refractivity contribution is 14.1. The number of hydrogen-bond donors (Lipinski definition) is 0. The number of aromatic nitrogens is 2. The first kappa shape index (κ1) is 11.6. The number of aryl methyl sites for hydroxylation is 2. The first-order valence-electron chi connectivity index (χ1n) is 5.32. The van der Waals surface area contributed by atoms with Crippen molar-refractivity contribution in [1.29, 1.82) is 0 Å². The van der Waals surface area contributed by atoms with Gasteiger partial charge in [0.2, 0.25) is 0 Å². The molecule has 0 saturated carbocycles. The third-order valence-corrected chi connectivity index (χ3v) is 3.05. The average Bonchev–Trinajstić information content (AvgIpc) is 2.32. The molecule has 2 rings (SSSR count). The van der Waals surface area contributed by atoms with Gasteiger partial charge in [-0.3, -0.25) is 4.79 Å². The topological polar surface area (TPSA) is 34.9 Å². The molecule has 2 aromatic rings. The molecule has 3 nitrogen and oxygen atoms in total. The lowest BCUT2D eigenvalue weighted by Crippen LogP contribution is -2.26. The van der Waals surface area contributed by atoms with Crippen LogP contribution in [0.3, 0.4) is 0 Å². The minimum atomic E-state index is 0.0536. The molecule has 0 aliphatic rings. The lowest BCUT2D eigenvalue weighted by atomic mass is 10.2. The molecule has 0 radical (unpaired) electrons. The van der Waals surface area contributed by atoms with Crippen LogP contribution < -0.4 is 5.56 Å². The van der Waals surface area contributed by atoms with E-state index in [2.05, 4.69) is 27.6 Å². The van der Waals surface area contributed by atoms with Crippen molar-refractivity contribution < 1.29 is 0 Å². The zero-order valence-electron chi connectivity index (χ0n) is 9.11. The largest absolute Gasteiger partial charge is 0.304 e. The van der Waals surface area contributed by atoms with Crippen molar-refractivity contribution in [3.63, 3.8) is 0 Å². The Morgan fingerprint density at radius 3 is 2.81 bits per heavy atom. The van der Waals surface area contributed by atoms with Crippen molar-refractivity contribution in [3.8, 4) is 0 Å². The van der Waals surface area contributed by atoms with Crippen LogP contribution in [0.4, 0.5) is 0 Å². The number of para-hydroxylation sites is 2. The highest BCUT2D eigenvalue weighted by atomic mass is 127. The number of halogens is 1. The van der Waals surface area contributed by atoms with Gasteiger partial charge in [-0.1, -0.05) is 41.6 Å². The molecule has 0 amide bonds. The van der Waals surface area contributed by atoms with E-state index in [1.54, 1.807) is 0 Å². The van der Waals surface area contributed by atoms with Crippen molar-refractivity contribution in [3.05, 3.63) is 40.3 Å². The van der Waals surface area contributed by atoms with Gasteiger partial charge < -0.3 is 4.57 Å². The van der Waals surface area contributed by atoms with E-state index >= 15 is 0 Å². The Labute approximate surface area is 108 Å². The minimum Gasteiger partial charge on any atom is -0.304 e. The van der Waals surface area contributed by atoms with Gasteiger partial charge in [-0.2, -0.15) is 0 Å². The normalized spacial score (nSPS) is 10.9. The average molecular weight is 328 g/mol. The Hall–Kier alpha value is -0.910. The zero-order chi connectivity index (χ0) is 11.5. The van der Waals surface area contributed by atoms with Crippen molar-refractivity contribution >= 4 is 33.6 Å². The quantitative estimate of drug-likeness (QED) is 0.641. The lowest BCUT2D eigenvalue weighted by molar-refractivity contribution is 0.750. The molecule has 1 aromatic heterocycles. The summed E-state index contributed by atoms with van der Waals surface area (Å²) in [6.07, 6.45) is 0.685. The van der Waals surface area contributed by atoms with Crippen molar-refractivity contribution in [2.24, 2.45) is 0 Å². The molecule has 84 valence electrons. The summed E-state index contributed by atoms with van der Waals surface area (Å²) in [4.78, 5) is 16.5. The Bertz CT molecular complexity index is 562. The predicted molar refractivity (Wildman–Crippen MR) is 74.3 cm³/mol. The van der Waals surface area contributed by atoms with E-state index < -0.39 is 0 Å². The van der Waals surface area contributed by atoms with Crippen molar-refractivity contribution in [1.82, 2.24) is 9.55 Å². The molecule has 0 aliphatic carbocycles. The third-order valence-electron chi connectivity index (χ3n) is 2.56. The first-order valence-corrected chi connectivity index (χ1v) is 6.85. The van der Waals surface area contributed by atoms with Gasteiger partial charge in [-0.25, -0.2) is 4.98 Å². The Morgan fingerprint density at radius 2 is 2.12 bits per heavy atom. The minimum absolute atomic E-state index is 0.0536. The molecule has 0 spiro atoms. The van der Waals surface area contributed by atoms with Crippen LogP contribution in [-0.2, 0) is 13.0 Å². The van der Waals surface area contributed by atoms with Crippen molar-refractivity contribution in [2.45, 2.75) is 19.9 Å². The van der Waals surface area contributed by atoms with E-state index in [0.717, 1.165) is 22.0 Å². The van der Waals surface area contributed by atoms with Gasteiger partial charge in [0, 0.05) is 11.0 Å². The predicted octanol–water partition coefficient (Wildman–Crippen LogP) is 2.39. The second kappa shape index (κ2) is 4.95. The molecule has 0 bridgehead atoms. The number of benzene rings is 1. The maximum atomic E-state index is 12.1. The molecule has 1 aromatic carbocycles. The standard InChI is InChI=1S/C12H13IN2O/c1-2-9-12(16)15(8-7-13)11-6-4-3-5-10(11)14-9/h3-6H,2,7-8H2,1H3. The number of hydrogen-bond acceptors (Lipinski definition) is 2. The molecule has 0 fully saturated rings. The van der Waals surface area contributed by atoms with Gasteiger partial charge in [0.1, 0.15) is 5.69 Å². The van der Waals surface area contributed by atoms with Gasteiger partial charge in [-0.05, 0) is 18.6 Å². The van der Waals surface area contributed by atoms with Crippen LogP contribution in [0.5, 0.6) is 0 Å². The Kier molecular flexibility index (Phi) is 3.58. The molecule has 0 atom stereocenters. The summed E-state index contributed by atoms with van der Waals surface area (Å²) in [5.74, 6) is 0. The van der Waals surface area contributed by atoms with Crippen LogP contribution in [0.1, 0.15) is 12.6 Å². The summed E-state index contributed by atoms with van der Waals surface area (Å²) < 4.78 is 2.75. The van der Waals surface area contributed by atoms with Crippen LogP contribution in [0.25, 0.3) is 11.0 Å². The third kappa shape index (κ3) is 1.98. The molecule has 4 heteroatoms. The summed E-state index contributed by atoms with van der Waals surface area (Å²) in [6.45, 7) is 2.71. The van der Waals surface area contributed by atoms with Gasteiger partial charge in [-0.15, -0.1) is 0 Å². The Balaban J connectivity index is 2.80. The molecule has 0 unspecified atom stereocenters. The summed E-state index contributed by atoms with van der Waals surface area (Å²) in [5, 5.41) is 0. The molecule has 0 saturated heterocycles. The molecule has 1 heterocycles. The smallest absolute Gasteiger partial charge is 0.272 e. The SMILES string of the molecule is CCc1nc2ccccc2n(CCI)c1=O. The monoisotopic (exact) mass is 328 g/mol. The number of nitrogens with zero attached hydrogens (tertiary/aromatic N) is 2. The molecule has 0 N–H and O–H groups in total. The van der Waals surface area contributed by atoms with Gasteiger partial charge in [0.15, 0.2) is 0 Å². The van der Waals surface area contributed by atoms with E-state index in [-0.39, 0.29) is 5.56 Å². The van der Waals surface area contributed by atoms with Gasteiger partial charge in [0.05, 0.1) is 11.0 Å². The van der Waals surface area contributed by atoms with Crippen LogP contribution in [0, 0.1) is 0 Å². The van der Waals surface area contributed by atoms with Crippen LogP contribution in [0.15, 0.2) is 29.1 Å². The first-order chi connectivity index (χ1) is 7.77. The summed E-state index contributed by atoms with van der Waals surface area (Å²) in [6, 6.07) is 7.81. The maximum absolute atomic E-state index is 12.1. The number of fused-ring (bicyclic) bond motifs is 1. The highest BCUT2D eigenvalue weighted by Crippen LogP contribution is 2.10.